The molecule has 1 nitrogen and oxygen atoms in total. The Morgan fingerprint density at radius 2 is 2.09 bits per heavy atom. The number of nitrogens with two attached hydrogens (primary N) is 1. The third kappa shape index (κ3) is 1.93. The van der Waals surface area contributed by atoms with E-state index in [-0.39, 0.29) is 6.04 Å². The van der Waals surface area contributed by atoms with Crippen molar-refractivity contribution in [2.45, 2.75) is 19.9 Å². The van der Waals surface area contributed by atoms with Crippen LogP contribution in [0, 0.1) is 10.5 Å². The monoisotopic (exact) mass is 261 g/mol. The first-order chi connectivity index (χ1) is 5.13. The SMILES string of the molecule is Cc1c(I)cccc1[C@H](C)N. The second kappa shape index (κ2) is 3.54. The van der Waals surface area contributed by atoms with E-state index >= 15 is 0 Å². The van der Waals surface area contributed by atoms with Gasteiger partial charge in [-0.25, -0.2) is 0 Å². The van der Waals surface area contributed by atoms with Gasteiger partial charge in [0.25, 0.3) is 0 Å². The molecule has 0 aromatic heterocycles. The van der Waals surface area contributed by atoms with Crippen LogP contribution < -0.4 is 5.73 Å². The summed E-state index contributed by atoms with van der Waals surface area (Å²) in [5, 5.41) is 0. The smallest absolute Gasteiger partial charge is 0.0269 e. The Hall–Kier alpha value is -0.0900. The van der Waals surface area contributed by atoms with E-state index in [0.717, 1.165) is 0 Å². The summed E-state index contributed by atoms with van der Waals surface area (Å²) < 4.78 is 1.29. The molecule has 0 fully saturated rings. The van der Waals surface area contributed by atoms with E-state index in [9.17, 15) is 0 Å². The van der Waals surface area contributed by atoms with Crippen molar-refractivity contribution in [2.24, 2.45) is 5.73 Å². The van der Waals surface area contributed by atoms with Crippen LogP contribution >= 0.6 is 22.6 Å². The molecule has 2 heteroatoms. The summed E-state index contributed by atoms with van der Waals surface area (Å²) in [6, 6.07) is 6.38. The lowest BCUT2D eigenvalue weighted by Gasteiger charge is -2.10. The minimum Gasteiger partial charge on any atom is -0.324 e. The summed E-state index contributed by atoms with van der Waals surface area (Å²) in [5.41, 5.74) is 8.34. The molecule has 1 rings (SSSR count). The molecule has 2 N–H and O–H groups in total. The van der Waals surface area contributed by atoms with Gasteiger partial charge in [0.1, 0.15) is 0 Å². The van der Waals surface area contributed by atoms with Crippen LogP contribution in [0.3, 0.4) is 0 Å². The van der Waals surface area contributed by atoms with Crippen molar-refractivity contribution in [1.82, 2.24) is 0 Å². The lowest BCUT2D eigenvalue weighted by Crippen LogP contribution is -2.07. The molecule has 0 amide bonds. The van der Waals surface area contributed by atoms with E-state index in [4.69, 9.17) is 5.73 Å². The highest BCUT2D eigenvalue weighted by atomic mass is 127. The molecule has 0 unspecified atom stereocenters. The maximum Gasteiger partial charge on any atom is 0.0269 e. The summed E-state index contributed by atoms with van der Waals surface area (Å²) in [4.78, 5) is 0. The first-order valence-electron chi connectivity index (χ1n) is 3.63. The maximum atomic E-state index is 5.78. The molecule has 0 saturated heterocycles. The molecule has 1 aromatic rings. The summed E-state index contributed by atoms with van der Waals surface area (Å²) in [6.45, 7) is 4.12. The van der Waals surface area contributed by atoms with Crippen LogP contribution in [0.15, 0.2) is 18.2 Å². The van der Waals surface area contributed by atoms with Gasteiger partial charge in [0, 0.05) is 9.61 Å². The number of halogens is 1. The fraction of sp³-hybridized carbons (Fsp3) is 0.333. The van der Waals surface area contributed by atoms with Crippen LogP contribution in [0.5, 0.6) is 0 Å². The molecule has 0 aliphatic rings. The molecule has 0 bridgehead atoms. The van der Waals surface area contributed by atoms with E-state index < -0.39 is 0 Å². The standard InChI is InChI=1S/C9H12IN/c1-6-8(7(2)11)4-3-5-9(6)10/h3-5,7H,11H2,1-2H3/t7-/m0/s1. The van der Waals surface area contributed by atoms with Crippen molar-refractivity contribution in [3.8, 4) is 0 Å². The van der Waals surface area contributed by atoms with E-state index in [0.29, 0.717) is 0 Å². The van der Waals surface area contributed by atoms with Gasteiger partial charge in [-0.15, -0.1) is 0 Å². The predicted octanol–water partition coefficient (Wildman–Crippen LogP) is 2.62. The fourth-order valence-corrected chi connectivity index (χ4v) is 1.64. The van der Waals surface area contributed by atoms with Gasteiger partial charge < -0.3 is 5.73 Å². The van der Waals surface area contributed by atoms with Crippen molar-refractivity contribution in [3.05, 3.63) is 32.9 Å². The highest BCUT2D eigenvalue weighted by molar-refractivity contribution is 14.1. The minimum absolute atomic E-state index is 0.143. The quantitative estimate of drug-likeness (QED) is 0.772. The van der Waals surface area contributed by atoms with Crippen molar-refractivity contribution < 1.29 is 0 Å². The van der Waals surface area contributed by atoms with Gasteiger partial charge in [-0.2, -0.15) is 0 Å². The molecule has 0 heterocycles. The Morgan fingerprint density at radius 3 is 2.55 bits per heavy atom. The molecular weight excluding hydrogens is 249 g/mol. The lowest BCUT2D eigenvalue weighted by molar-refractivity contribution is 0.808. The average molecular weight is 261 g/mol. The Kier molecular flexibility index (Phi) is 2.90. The van der Waals surface area contributed by atoms with Crippen molar-refractivity contribution in [2.75, 3.05) is 0 Å². The van der Waals surface area contributed by atoms with Gasteiger partial charge in [0.2, 0.25) is 0 Å². The van der Waals surface area contributed by atoms with Gasteiger partial charge in [-0.05, 0) is 53.6 Å². The molecule has 0 spiro atoms. The van der Waals surface area contributed by atoms with E-state index in [1.807, 2.05) is 13.0 Å². The molecule has 1 atom stereocenters. The third-order valence-corrected chi connectivity index (χ3v) is 2.97. The summed E-state index contributed by atoms with van der Waals surface area (Å²) in [7, 11) is 0. The fourth-order valence-electron chi connectivity index (χ4n) is 1.12. The first-order valence-corrected chi connectivity index (χ1v) is 4.71. The van der Waals surface area contributed by atoms with E-state index in [2.05, 4.69) is 41.6 Å². The molecule has 0 radical (unpaired) electrons. The number of benzene rings is 1. The third-order valence-electron chi connectivity index (χ3n) is 1.80. The Bertz CT molecular complexity index is 256. The summed E-state index contributed by atoms with van der Waals surface area (Å²) >= 11 is 2.33. The van der Waals surface area contributed by atoms with Gasteiger partial charge in [0.15, 0.2) is 0 Å². The zero-order valence-electron chi connectivity index (χ0n) is 6.76. The topological polar surface area (TPSA) is 26.0 Å². The van der Waals surface area contributed by atoms with E-state index in [1.165, 1.54) is 14.7 Å². The zero-order chi connectivity index (χ0) is 8.43. The molecule has 11 heavy (non-hydrogen) atoms. The second-order valence-corrected chi connectivity index (χ2v) is 3.90. The maximum absolute atomic E-state index is 5.78. The van der Waals surface area contributed by atoms with Crippen molar-refractivity contribution in [1.29, 1.82) is 0 Å². The van der Waals surface area contributed by atoms with Crippen LogP contribution in [-0.2, 0) is 0 Å². The molecular formula is C9H12IN. The average Bonchev–Trinajstić information content (AvgIpc) is 1.94. The molecule has 0 aliphatic heterocycles. The normalized spacial score (nSPS) is 13.1. The highest BCUT2D eigenvalue weighted by Crippen LogP contribution is 2.19. The largest absolute Gasteiger partial charge is 0.324 e. The molecule has 0 saturated carbocycles. The van der Waals surface area contributed by atoms with Gasteiger partial charge in [0.05, 0.1) is 0 Å². The first kappa shape index (κ1) is 9.00. The zero-order valence-corrected chi connectivity index (χ0v) is 8.92. The van der Waals surface area contributed by atoms with Crippen LogP contribution in [0.4, 0.5) is 0 Å². The Balaban J connectivity index is 3.17. The Morgan fingerprint density at radius 1 is 1.45 bits per heavy atom. The van der Waals surface area contributed by atoms with Crippen LogP contribution in [0.2, 0.25) is 0 Å². The van der Waals surface area contributed by atoms with Crippen molar-refractivity contribution >= 4 is 22.6 Å². The summed E-state index contributed by atoms with van der Waals surface area (Å²) in [6.07, 6.45) is 0. The van der Waals surface area contributed by atoms with Gasteiger partial charge >= 0.3 is 0 Å². The van der Waals surface area contributed by atoms with Gasteiger partial charge in [-0.3, -0.25) is 0 Å². The highest BCUT2D eigenvalue weighted by Gasteiger charge is 2.04. The van der Waals surface area contributed by atoms with Crippen LogP contribution in [0.25, 0.3) is 0 Å². The minimum atomic E-state index is 0.143. The second-order valence-electron chi connectivity index (χ2n) is 2.74. The number of hydrogen-bond donors (Lipinski definition) is 1. The molecule has 1 aromatic carbocycles. The predicted molar refractivity (Wildman–Crippen MR) is 56.5 cm³/mol. The number of rotatable bonds is 1. The Labute approximate surface area is 81.1 Å². The van der Waals surface area contributed by atoms with Gasteiger partial charge in [-0.1, -0.05) is 12.1 Å². The van der Waals surface area contributed by atoms with Crippen LogP contribution in [-0.4, -0.2) is 0 Å². The lowest BCUT2D eigenvalue weighted by atomic mass is 10.0. The molecule has 0 aliphatic carbocycles. The van der Waals surface area contributed by atoms with Crippen molar-refractivity contribution in [3.63, 3.8) is 0 Å². The van der Waals surface area contributed by atoms with Crippen LogP contribution in [0.1, 0.15) is 24.1 Å². The summed E-state index contributed by atoms with van der Waals surface area (Å²) in [5.74, 6) is 0. The van der Waals surface area contributed by atoms with E-state index in [1.54, 1.807) is 0 Å². The molecule has 60 valence electrons. The number of hydrogen-bond acceptors (Lipinski definition) is 1.